The summed E-state index contributed by atoms with van der Waals surface area (Å²) in [5.41, 5.74) is 1.56. The first-order chi connectivity index (χ1) is 16.1. The van der Waals surface area contributed by atoms with Gasteiger partial charge >= 0.3 is 12.1 Å². The fraction of sp³-hybridized carbons (Fsp3) is 0.591. The van der Waals surface area contributed by atoms with Gasteiger partial charge in [0.15, 0.2) is 5.58 Å². The number of nitrogens with one attached hydrogen (secondary N) is 2. The molecule has 0 bridgehead atoms. The lowest BCUT2D eigenvalue weighted by molar-refractivity contribution is -0.192. The van der Waals surface area contributed by atoms with Crippen LogP contribution in [0.4, 0.5) is 19.2 Å². The number of fused-ring (bicyclic) bond motifs is 1. The Kier molecular flexibility index (Phi) is 9.01. The van der Waals surface area contributed by atoms with Crippen LogP contribution in [0.25, 0.3) is 11.1 Å². The third-order valence-corrected chi connectivity index (χ3v) is 6.22. The van der Waals surface area contributed by atoms with Crippen LogP contribution in [0.5, 0.6) is 0 Å². The number of benzene rings is 1. The van der Waals surface area contributed by atoms with Crippen molar-refractivity contribution in [3.63, 3.8) is 0 Å². The van der Waals surface area contributed by atoms with Gasteiger partial charge in [-0.05, 0) is 68.8 Å². The van der Waals surface area contributed by atoms with Gasteiger partial charge in [-0.25, -0.2) is 4.79 Å². The molecule has 0 atom stereocenters. The number of nitrogens with zero attached hydrogens (tertiary/aromatic N) is 2. The number of aromatic nitrogens is 1. The van der Waals surface area contributed by atoms with E-state index in [0.29, 0.717) is 29.3 Å². The topological polar surface area (TPSA) is 108 Å². The molecule has 3 heterocycles. The number of carbonyl (C=O) groups excluding carboxylic acids is 1. The first-order valence-electron chi connectivity index (χ1n) is 11.2. The second-order valence-corrected chi connectivity index (χ2v) is 8.98. The van der Waals surface area contributed by atoms with Crippen molar-refractivity contribution in [3.05, 3.63) is 23.2 Å². The highest BCUT2D eigenvalue weighted by Crippen LogP contribution is 2.27. The quantitative estimate of drug-likeness (QED) is 0.568. The molecular weight excluding hydrogens is 477 g/mol. The molecule has 188 valence electrons. The zero-order chi connectivity index (χ0) is 24.7. The van der Waals surface area contributed by atoms with Crippen molar-refractivity contribution < 1.29 is 32.3 Å². The summed E-state index contributed by atoms with van der Waals surface area (Å²) in [4.78, 5) is 27.8. The number of alkyl halides is 3. The molecule has 4 rings (SSSR count). The number of piperidine rings is 2. The molecule has 0 radical (unpaired) electrons. The predicted octanol–water partition coefficient (Wildman–Crippen LogP) is 3.84. The zero-order valence-electron chi connectivity index (χ0n) is 18.5. The third-order valence-electron chi connectivity index (χ3n) is 5.99. The maximum Gasteiger partial charge on any atom is 0.490 e. The Labute approximate surface area is 199 Å². The Balaban J connectivity index is 0.000000406. The van der Waals surface area contributed by atoms with Gasteiger partial charge in [-0.3, -0.25) is 4.79 Å². The molecule has 0 spiro atoms. The van der Waals surface area contributed by atoms with Gasteiger partial charge in [0.05, 0.1) is 0 Å². The van der Waals surface area contributed by atoms with E-state index in [1.807, 2.05) is 18.2 Å². The van der Waals surface area contributed by atoms with Gasteiger partial charge in [0.2, 0.25) is 5.91 Å². The van der Waals surface area contributed by atoms with E-state index in [4.69, 9.17) is 25.9 Å². The second kappa shape index (κ2) is 11.7. The molecule has 0 aliphatic carbocycles. The van der Waals surface area contributed by atoms with Crippen molar-refractivity contribution in [2.45, 2.75) is 38.3 Å². The molecule has 0 unspecified atom stereocenters. The van der Waals surface area contributed by atoms with Gasteiger partial charge in [-0.15, -0.1) is 0 Å². The van der Waals surface area contributed by atoms with Crippen LogP contribution in [-0.2, 0) is 9.59 Å². The summed E-state index contributed by atoms with van der Waals surface area (Å²) in [6.45, 7) is 4.66. The van der Waals surface area contributed by atoms with Crippen molar-refractivity contribution in [1.29, 1.82) is 0 Å². The summed E-state index contributed by atoms with van der Waals surface area (Å²) < 4.78 is 37.6. The van der Waals surface area contributed by atoms with Crippen molar-refractivity contribution in [3.8, 4) is 0 Å². The summed E-state index contributed by atoms with van der Waals surface area (Å²) in [6.07, 6.45) is -0.116. The van der Waals surface area contributed by atoms with Crippen molar-refractivity contribution in [2.75, 3.05) is 37.6 Å². The minimum absolute atomic E-state index is 0.208. The molecule has 2 aromatic rings. The summed E-state index contributed by atoms with van der Waals surface area (Å²) in [7, 11) is 0. The highest BCUT2D eigenvalue weighted by atomic mass is 35.5. The number of amides is 1. The second-order valence-electron chi connectivity index (χ2n) is 8.54. The number of aliphatic carboxylic acids is 1. The lowest BCUT2D eigenvalue weighted by Gasteiger charge is -2.31. The molecule has 1 aromatic heterocycles. The van der Waals surface area contributed by atoms with Crippen LogP contribution in [0, 0.1) is 11.8 Å². The van der Waals surface area contributed by atoms with E-state index >= 15 is 0 Å². The van der Waals surface area contributed by atoms with E-state index in [-0.39, 0.29) is 5.91 Å². The number of hydrogen-bond acceptors (Lipinski definition) is 6. The molecule has 0 saturated carbocycles. The SMILES string of the molecule is O=C(CC1CCNCC1)NCC1CCN(c2nc3cc(Cl)ccc3o2)CC1.O=C(O)C(F)(F)F. The van der Waals surface area contributed by atoms with Crippen LogP contribution in [0.2, 0.25) is 5.02 Å². The van der Waals surface area contributed by atoms with E-state index in [9.17, 15) is 18.0 Å². The number of carbonyl (C=O) groups is 2. The van der Waals surface area contributed by atoms with Crippen LogP contribution < -0.4 is 15.5 Å². The van der Waals surface area contributed by atoms with E-state index in [0.717, 1.165) is 69.5 Å². The summed E-state index contributed by atoms with van der Waals surface area (Å²) in [5.74, 6) is -1.48. The standard InChI is InChI=1S/C20H27ClN4O2.C2HF3O2/c21-16-1-2-18-17(12-16)24-20(27-18)25-9-5-15(6-10-25)13-23-19(26)11-14-3-7-22-8-4-14;3-2(4,5)1(6)7/h1-2,12,14-15,22H,3-11,13H2,(H,23,26);(H,6,7). The highest BCUT2D eigenvalue weighted by molar-refractivity contribution is 6.31. The minimum Gasteiger partial charge on any atom is -0.475 e. The largest absolute Gasteiger partial charge is 0.490 e. The maximum absolute atomic E-state index is 12.2. The molecule has 2 aliphatic rings. The number of oxazole rings is 1. The zero-order valence-corrected chi connectivity index (χ0v) is 19.3. The van der Waals surface area contributed by atoms with Crippen LogP contribution in [0.3, 0.4) is 0 Å². The van der Waals surface area contributed by atoms with Gasteiger partial charge in [-0.2, -0.15) is 18.2 Å². The first kappa shape index (κ1) is 26.1. The fourth-order valence-corrected chi connectivity index (χ4v) is 4.20. The van der Waals surface area contributed by atoms with Gasteiger partial charge < -0.3 is 25.1 Å². The molecule has 34 heavy (non-hydrogen) atoms. The van der Waals surface area contributed by atoms with Gasteiger partial charge in [0.1, 0.15) is 5.52 Å². The van der Waals surface area contributed by atoms with E-state index < -0.39 is 12.1 Å². The highest BCUT2D eigenvalue weighted by Gasteiger charge is 2.38. The monoisotopic (exact) mass is 504 g/mol. The van der Waals surface area contributed by atoms with E-state index in [1.54, 1.807) is 0 Å². The molecular formula is C22H28ClF3N4O4. The number of carboxylic acid groups (broad SMARTS) is 1. The van der Waals surface area contributed by atoms with Crippen molar-refractivity contribution >= 4 is 40.6 Å². The molecule has 2 fully saturated rings. The van der Waals surface area contributed by atoms with Crippen LogP contribution >= 0.6 is 11.6 Å². The van der Waals surface area contributed by atoms with Crippen molar-refractivity contribution in [1.82, 2.24) is 15.6 Å². The minimum atomic E-state index is -5.08. The fourth-order valence-electron chi connectivity index (χ4n) is 4.03. The normalized spacial score (nSPS) is 17.8. The van der Waals surface area contributed by atoms with Crippen LogP contribution in [0.15, 0.2) is 22.6 Å². The van der Waals surface area contributed by atoms with E-state index in [2.05, 4.69) is 20.5 Å². The number of hydrogen-bond donors (Lipinski definition) is 3. The molecule has 8 nitrogen and oxygen atoms in total. The Hall–Kier alpha value is -2.53. The summed E-state index contributed by atoms with van der Waals surface area (Å²) >= 11 is 6.02. The molecule has 1 amide bonds. The molecule has 1 aromatic carbocycles. The molecule has 2 saturated heterocycles. The number of carboxylic acids is 1. The average Bonchev–Trinajstić information content (AvgIpc) is 3.22. The van der Waals surface area contributed by atoms with E-state index in [1.165, 1.54) is 0 Å². The molecule has 3 N–H and O–H groups in total. The van der Waals surface area contributed by atoms with Gasteiger partial charge in [0.25, 0.3) is 6.01 Å². The lowest BCUT2D eigenvalue weighted by Crippen LogP contribution is -2.39. The maximum atomic E-state index is 12.2. The Morgan fingerprint density at radius 2 is 1.82 bits per heavy atom. The third kappa shape index (κ3) is 7.76. The van der Waals surface area contributed by atoms with Gasteiger partial charge in [-0.1, -0.05) is 11.6 Å². The number of anilines is 1. The Morgan fingerprint density at radius 1 is 1.18 bits per heavy atom. The molecule has 12 heteroatoms. The average molecular weight is 505 g/mol. The van der Waals surface area contributed by atoms with Gasteiger partial charge in [0, 0.05) is 31.1 Å². The predicted molar refractivity (Wildman–Crippen MR) is 121 cm³/mol. The van der Waals surface area contributed by atoms with Crippen LogP contribution in [0.1, 0.15) is 32.1 Å². The lowest BCUT2D eigenvalue weighted by atomic mass is 9.93. The van der Waals surface area contributed by atoms with Crippen molar-refractivity contribution in [2.24, 2.45) is 11.8 Å². The summed E-state index contributed by atoms with van der Waals surface area (Å²) in [6, 6.07) is 6.17. The number of rotatable bonds is 5. The Morgan fingerprint density at radius 3 is 2.44 bits per heavy atom. The first-order valence-corrected chi connectivity index (χ1v) is 11.6. The smallest absolute Gasteiger partial charge is 0.475 e. The van der Waals surface area contributed by atoms with Crippen LogP contribution in [-0.4, -0.2) is 60.9 Å². The summed E-state index contributed by atoms with van der Waals surface area (Å²) in [5, 5.41) is 14.3. The molecule has 2 aliphatic heterocycles. The number of halogens is 4. The Bertz CT molecular complexity index is 971.